The van der Waals surface area contributed by atoms with Crippen molar-refractivity contribution in [3.05, 3.63) is 77.9 Å². The zero-order chi connectivity index (χ0) is 21.9. The first kappa shape index (κ1) is 22.0. The quantitative estimate of drug-likeness (QED) is 0.242. The van der Waals surface area contributed by atoms with Crippen molar-refractivity contribution < 1.29 is 19.1 Å². The number of hydrogen-bond donors (Lipinski definition) is 2. The Bertz CT molecular complexity index is 1040. The highest BCUT2D eigenvalue weighted by molar-refractivity contribution is 6.35. The summed E-state index contributed by atoms with van der Waals surface area (Å²) in [6.45, 7) is 1.34. The Morgan fingerprint density at radius 3 is 2.55 bits per heavy atom. The van der Waals surface area contributed by atoms with Crippen LogP contribution < -0.4 is 15.5 Å². The van der Waals surface area contributed by atoms with Crippen molar-refractivity contribution in [1.82, 2.24) is 10.7 Å². The van der Waals surface area contributed by atoms with E-state index in [9.17, 15) is 9.59 Å². The minimum atomic E-state index is -0.816. The van der Waals surface area contributed by atoms with E-state index in [4.69, 9.17) is 9.47 Å². The maximum atomic E-state index is 11.7. The van der Waals surface area contributed by atoms with Crippen molar-refractivity contribution in [1.29, 1.82) is 0 Å². The molecule has 7 heteroatoms. The second kappa shape index (κ2) is 11.5. The Hall–Kier alpha value is -3.71. The average molecular weight is 419 g/mol. The van der Waals surface area contributed by atoms with Crippen molar-refractivity contribution in [2.24, 2.45) is 5.10 Å². The van der Waals surface area contributed by atoms with Gasteiger partial charge in [0.1, 0.15) is 12.4 Å². The van der Waals surface area contributed by atoms with Gasteiger partial charge in [0.15, 0.2) is 0 Å². The summed E-state index contributed by atoms with van der Waals surface area (Å²) in [5.74, 6) is -0.821. The van der Waals surface area contributed by atoms with Crippen molar-refractivity contribution in [3.63, 3.8) is 0 Å². The van der Waals surface area contributed by atoms with Crippen molar-refractivity contribution in [2.45, 2.75) is 13.0 Å². The topological polar surface area (TPSA) is 89.0 Å². The van der Waals surface area contributed by atoms with Gasteiger partial charge in [-0.25, -0.2) is 5.43 Å². The van der Waals surface area contributed by atoms with E-state index in [1.807, 2.05) is 42.5 Å². The van der Waals surface area contributed by atoms with Crippen LogP contribution in [0.5, 0.6) is 5.75 Å². The Morgan fingerprint density at radius 1 is 0.968 bits per heavy atom. The number of hydrogen-bond acceptors (Lipinski definition) is 5. The first-order chi connectivity index (χ1) is 15.2. The van der Waals surface area contributed by atoms with Gasteiger partial charge in [0, 0.05) is 20.3 Å². The van der Waals surface area contributed by atoms with Gasteiger partial charge in [0.25, 0.3) is 0 Å². The van der Waals surface area contributed by atoms with E-state index in [0.717, 1.165) is 16.9 Å². The van der Waals surface area contributed by atoms with Crippen LogP contribution in [-0.2, 0) is 20.9 Å². The molecule has 3 aromatic carbocycles. The molecule has 0 saturated carbocycles. The molecule has 7 nitrogen and oxygen atoms in total. The lowest BCUT2D eigenvalue weighted by Gasteiger charge is -2.09. The predicted molar refractivity (Wildman–Crippen MR) is 120 cm³/mol. The molecule has 0 radical (unpaired) electrons. The predicted octanol–water partition coefficient (Wildman–Crippen LogP) is 3.02. The number of carbonyl (C=O) groups excluding carboxylic acids is 2. The van der Waals surface area contributed by atoms with Crippen molar-refractivity contribution in [2.75, 3.05) is 20.3 Å². The van der Waals surface area contributed by atoms with Crippen LogP contribution in [0.3, 0.4) is 0 Å². The molecule has 0 unspecified atom stereocenters. The highest BCUT2D eigenvalue weighted by Crippen LogP contribution is 2.20. The SMILES string of the molecule is COCCCNC(=O)C(=O)N/N=C\c1ccc(OCc2cccc3ccccc23)cc1. The van der Waals surface area contributed by atoms with Gasteiger partial charge in [-0.05, 0) is 52.6 Å². The summed E-state index contributed by atoms with van der Waals surface area (Å²) >= 11 is 0. The molecular formula is C24H25N3O4. The van der Waals surface area contributed by atoms with E-state index in [2.05, 4.69) is 40.1 Å². The number of benzene rings is 3. The second-order valence-electron chi connectivity index (χ2n) is 6.80. The summed E-state index contributed by atoms with van der Waals surface area (Å²) < 4.78 is 10.8. The lowest BCUT2D eigenvalue weighted by atomic mass is 10.1. The zero-order valence-corrected chi connectivity index (χ0v) is 17.3. The van der Waals surface area contributed by atoms with Gasteiger partial charge in [-0.15, -0.1) is 0 Å². The van der Waals surface area contributed by atoms with Crippen LogP contribution in [0, 0.1) is 0 Å². The third-order valence-electron chi connectivity index (χ3n) is 4.55. The Kier molecular flexibility index (Phi) is 8.13. The third-order valence-corrected chi connectivity index (χ3v) is 4.55. The fourth-order valence-corrected chi connectivity index (χ4v) is 2.94. The van der Waals surface area contributed by atoms with Crippen molar-refractivity contribution >= 4 is 28.8 Å². The fraction of sp³-hybridized carbons (Fsp3) is 0.208. The molecule has 0 spiro atoms. The molecule has 0 bridgehead atoms. The first-order valence-electron chi connectivity index (χ1n) is 9.97. The summed E-state index contributed by atoms with van der Waals surface area (Å²) in [7, 11) is 1.58. The van der Waals surface area contributed by atoms with Gasteiger partial charge < -0.3 is 14.8 Å². The number of rotatable bonds is 9. The average Bonchev–Trinajstić information content (AvgIpc) is 2.81. The third kappa shape index (κ3) is 6.65. The molecule has 0 fully saturated rings. The molecule has 31 heavy (non-hydrogen) atoms. The lowest BCUT2D eigenvalue weighted by Crippen LogP contribution is -2.38. The number of nitrogens with zero attached hydrogens (tertiary/aromatic N) is 1. The van der Waals surface area contributed by atoms with Crippen LogP contribution in [0.25, 0.3) is 10.8 Å². The van der Waals surface area contributed by atoms with Gasteiger partial charge >= 0.3 is 11.8 Å². The summed E-state index contributed by atoms with van der Waals surface area (Å²) in [6.07, 6.45) is 2.10. The van der Waals surface area contributed by atoms with E-state index in [1.54, 1.807) is 7.11 Å². The van der Waals surface area contributed by atoms with Crippen LogP contribution in [-0.4, -0.2) is 38.3 Å². The van der Waals surface area contributed by atoms with Crippen molar-refractivity contribution in [3.8, 4) is 5.75 Å². The molecule has 0 saturated heterocycles. The summed E-state index contributed by atoms with van der Waals surface area (Å²) in [5.41, 5.74) is 4.09. The Balaban J connectivity index is 1.47. The zero-order valence-electron chi connectivity index (χ0n) is 17.3. The maximum absolute atomic E-state index is 11.7. The van der Waals surface area contributed by atoms with Crippen LogP contribution in [0.15, 0.2) is 71.8 Å². The number of hydrazone groups is 1. The van der Waals surface area contributed by atoms with Gasteiger partial charge in [0.2, 0.25) is 0 Å². The number of nitrogens with one attached hydrogen (secondary N) is 2. The Labute approximate surface area is 181 Å². The largest absolute Gasteiger partial charge is 0.489 e. The summed E-state index contributed by atoms with van der Waals surface area (Å²) in [5, 5.41) is 8.66. The van der Waals surface area contributed by atoms with Gasteiger partial charge in [-0.1, -0.05) is 42.5 Å². The number of methoxy groups -OCH3 is 1. The second-order valence-corrected chi connectivity index (χ2v) is 6.80. The molecule has 0 atom stereocenters. The van der Waals surface area contributed by atoms with E-state index in [0.29, 0.717) is 26.2 Å². The van der Waals surface area contributed by atoms with Gasteiger partial charge in [-0.3, -0.25) is 9.59 Å². The van der Waals surface area contributed by atoms with E-state index in [1.165, 1.54) is 17.0 Å². The molecule has 2 N–H and O–H groups in total. The van der Waals surface area contributed by atoms with E-state index in [-0.39, 0.29) is 0 Å². The van der Waals surface area contributed by atoms with E-state index >= 15 is 0 Å². The van der Waals surface area contributed by atoms with E-state index < -0.39 is 11.8 Å². The number of fused-ring (bicyclic) bond motifs is 1. The molecule has 0 aliphatic heterocycles. The molecule has 0 heterocycles. The minimum Gasteiger partial charge on any atom is -0.489 e. The molecule has 2 amide bonds. The summed E-state index contributed by atoms with van der Waals surface area (Å²) in [6, 6.07) is 21.7. The maximum Gasteiger partial charge on any atom is 0.329 e. The van der Waals surface area contributed by atoms with Crippen LogP contribution in [0.2, 0.25) is 0 Å². The molecular weight excluding hydrogens is 394 g/mol. The summed E-state index contributed by atoms with van der Waals surface area (Å²) in [4.78, 5) is 23.3. The van der Waals surface area contributed by atoms with Crippen LogP contribution >= 0.6 is 0 Å². The standard InChI is InChI=1S/C24H25N3O4/c1-30-15-5-14-25-23(28)24(29)27-26-16-18-10-12-21(13-11-18)31-17-20-8-4-7-19-6-2-3-9-22(19)20/h2-4,6-13,16H,5,14-15,17H2,1H3,(H,25,28)(H,27,29)/b26-16-. The fourth-order valence-electron chi connectivity index (χ4n) is 2.94. The Morgan fingerprint density at radius 2 is 1.74 bits per heavy atom. The molecule has 0 aromatic heterocycles. The van der Waals surface area contributed by atoms with Gasteiger partial charge in [0.05, 0.1) is 6.21 Å². The highest BCUT2D eigenvalue weighted by atomic mass is 16.5. The molecule has 3 aromatic rings. The number of amides is 2. The number of ether oxygens (including phenoxy) is 2. The molecule has 160 valence electrons. The van der Waals surface area contributed by atoms with Crippen LogP contribution in [0.1, 0.15) is 17.5 Å². The molecule has 0 aliphatic rings. The lowest BCUT2D eigenvalue weighted by molar-refractivity contribution is -0.139. The first-order valence-corrected chi connectivity index (χ1v) is 9.97. The van der Waals surface area contributed by atoms with Crippen LogP contribution in [0.4, 0.5) is 0 Å². The monoisotopic (exact) mass is 419 g/mol. The smallest absolute Gasteiger partial charge is 0.329 e. The normalized spacial score (nSPS) is 10.9. The molecule has 3 rings (SSSR count). The minimum absolute atomic E-state index is 0.365. The number of carbonyl (C=O) groups is 2. The van der Waals surface area contributed by atoms with Gasteiger partial charge in [-0.2, -0.15) is 5.10 Å². The highest BCUT2D eigenvalue weighted by Gasteiger charge is 2.11. The molecule has 0 aliphatic carbocycles.